The molecule has 0 saturated heterocycles. The normalized spacial score (nSPS) is 29.3. The molecule has 4 unspecified atom stereocenters. The Morgan fingerprint density at radius 2 is 0.938 bits per heavy atom. The van der Waals surface area contributed by atoms with Crippen LogP contribution in [0.25, 0.3) is 0 Å². The van der Waals surface area contributed by atoms with Gasteiger partial charge in [-0.25, -0.2) is 0 Å². The first kappa shape index (κ1) is 20.8. The Morgan fingerprint density at radius 3 is 1.41 bits per heavy atom. The predicted molar refractivity (Wildman–Crippen MR) is 124 cm³/mol. The Balaban J connectivity index is 1.47. The lowest BCUT2D eigenvalue weighted by Crippen LogP contribution is -2.33. The van der Waals surface area contributed by atoms with Crippen LogP contribution in [0, 0.1) is 29.6 Å². The van der Waals surface area contributed by atoms with E-state index in [9.17, 15) is 14.7 Å². The van der Waals surface area contributed by atoms with Gasteiger partial charge in [-0.05, 0) is 36.0 Å². The molecule has 3 heteroatoms. The Morgan fingerprint density at radius 1 is 0.531 bits per heavy atom. The van der Waals surface area contributed by atoms with Crippen LogP contribution in [-0.4, -0.2) is 22.8 Å². The van der Waals surface area contributed by atoms with Gasteiger partial charge in [-0.1, -0.05) is 91.0 Å². The van der Waals surface area contributed by atoms with Crippen molar-refractivity contribution >= 4 is 11.6 Å². The van der Waals surface area contributed by atoms with E-state index in [1.165, 1.54) is 0 Å². The fraction of sp³-hybridized carbons (Fsp3) is 0.310. The summed E-state index contributed by atoms with van der Waals surface area (Å²) in [5.41, 5.74) is 3.20. The van der Waals surface area contributed by atoms with E-state index >= 15 is 0 Å². The number of carbonyl (C=O) groups is 2. The highest BCUT2D eigenvalue weighted by molar-refractivity contribution is 5.98. The van der Waals surface area contributed by atoms with Gasteiger partial charge in [0.05, 0.1) is 6.10 Å². The molecule has 3 nitrogen and oxygen atoms in total. The van der Waals surface area contributed by atoms with Gasteiger partial charge >= 0.3 is 0 Å². The van der Waals surface area contributed by atoms with Crippen molar-refractivity contribution in [2.45, 2.75) is 25.4 Å². The lowest BCUT2D eigenvalue weighted by molar-refractivity contribution is -0.131. The van der Waals surface area contributed by atoms with E-state index in [0.717, 1.165) is 16.7 Å². The highest BCUT2D eigenvalue weighted by Crippen LogP contribution is 2.52. The number of Topliss-reactive ketones (excluding diaryl/α,β-unsaturated/α-hetero) is 2. The predicted octanol–water partition coefficient (Wildman–Crippen LogP) is 4.32. The van der Waals surface area contributed by atoms with Gasteiger partial charge in [0.25, 0.3) is 0 Å². The minimum absolute atomic E-state index is 0.0659. The number of benzene rings is 3. The molecule has 2 saturated carbocycles. The molecule has 0 amide bonds. The smallest absolute Gasteiger partial charge is 0.143 e. The van der Waals surface area contributed by atoms with Crippen LogP contribution < -0.4 is 0 Å². The number of hydrogen-bond acceptors (Lipinski definition) is 3. The molecule has 5 rings (SSSR count). The number of aliphatic hydroxyl groups excluding tert-OH is 1. The van der Waals surface area contributed by atoms with Gasteiger partial charge in [0.15, 0.2) is 0 Å². The van der Waals surface area contributed by atoms with Gasteiger partial charge < -0.3 is 5.11 Å². The number of hydrogen-bond donors (Lipinski definition) is 1. The molecule has 0 bridgehead atoms. The van der Waals surface area contributed by atoms with Crippen molar-refractivity contribution in [3.63, 3.8) is 0 Å². The van der Waals surface area contributed by atoms with Gasteiger partial charge in [0.2, 0.25) is 0 Å². The minimum Gasteiger partial charge on any atom is -0.392 e. The number of ketones is 2. The van der Waals surface area contributed by atoms with Gasteiger partial charge in [-0.2, -0.15) is 0 Å². The summed E-state index contributed by atoms with van der Waals surface area (Å²) in [6.07, 6.45) is 0.876. The average Bonchev–Trinajstić information content (AvgIpc) is 3.23. The molecular weight excluding hydrogens is 396 g/mol. The Hall–Kier alpha value is -3.04. The van der Waals surface area contributed by atoms with Crippen LogP contribution in [0.5, 0.6) is 0 Å². The molecule has 0 aliphatic heterocycles. The zero-order chi connectivity index (χ0) is 22.1. The molecule has 2 aliphatic carbocycles. The third kappa shape index (κ3) is 3.82. The van der Waals surface area contributed by atoms with E-state index in [1.54, 1.807) is 0 Å². The fourth-order valence-electron chi connectivity index (χ4n) is 5.97. The molecule has 1 N–H and O–H groups in total. The van der Waals surface area contributed by atoms with Crippen LogP contribution in [-0.2, 0) is 28.9 Å². The van der Waals surface area contributed by atoms with E-state index in [0.29, 0.717) is 19.3 Å². The molecule has 0 radical (unpaired) electrons. The van der Waals surface area contributed by atoms with E-state index < -0.39 is 17.9 Å². The summed E-state index contributed by atoms with van der Waals surface area (Å²) in [6, 6.07) is 29.8. The summed E-state index contributed by atoms with van der Waals surface area (Å²) in [5.74, 6) is -1.64. The summed E-state index contributed by atoms with van der Waals surface area (Å²) in [5, 5.41) is 11.4. The molecular formula is C29H28O3. The largest absolute Gasteiger partial charge is 0.392 e. The monoisotopic (exact) mass is 424 g/mol. The van der Waals surface area contributed by atoms with Crippen molar-refractivity contribution in [1.29, 1.82) is 0 Å². The second kappa shape index (κ2) is 8.84. The lowest BCUT2D eigenvalue weighted by Gasteiger charge is -2.23. The molecule has 2 fully saturated rings. The maximum Gasteiger partial charge on any atom is 0.143 e. The van der Waals surface area contributed by atoms with Gasteiger partial charge in [0, 0.05) is 29.6 Å². The molecule has 0 aromatic heterocycles. The van der Waals surface area contributed by atoms with Crippen LogP contribution in [0.1, 0.15) is 16.7 Å². The summed E-state index contributed by atoms with van der Waals surface area (Å²) < 4.78 is 0. The molecule has 0 spiro atoms. The van der Waals surface area contributed by atoms with Crippen LogP contribution in [0.2, 0.25) is 0 Å². The summed E-state index contributed by atoms with van der Waals surface area (Å²) in [4.78, 5) is 27.3. The van der Waals surface area contributed by atoms with Crippen molar-refractivity contribution in [3.05, 3.63) is 108 Å². The van der Waals surface area contributed by atoms with Crippen molar-refractivity contribution in [1.82, 2.24) is 0 Å². The third-order valence-electron chi connectivity index (χ3n) is 7.44. The van der Waals surface area contributed by atoms with Crippen molar-refractivity contribution in [3.8, 4) is 0 Å². The molecule has 3 aromatic rings. The summed E-state index contributed by atoms with van der Waals surface area (Å²) in [7, 11) is 0. The standard InChI is InChI=1S/C29H28O3/c30-27-22(16-19-10-4-1-5-11-19)25-26(23(27)17-20-12-6-2-7-13-20)29(32)24(28(25)31)18-21-14-8-3-9-15-21/h1-15,22-26,28,31H,16-18H2/t22?,23?,24?,25-,26+,28?/m1/s1. The van der Waals surface area contributed by atoms with Crippen LogP contribution in [0.4, 0.5) is 0 Å². The highest BCUT2D eigenvalue weighted by atomic mass is 16.3. The maximum absolute atomic E-state index is 13.6. The summed E-state index contributed by atoms with van der Waals surface area (Å²) >= 11 is 0. The zero-order valence-corrected chi connectivity index (χ0v) is 18.0. The first-order valence-corrected chi connectivity index (χ1v) is 11.5. The number of fused-ring (bicyclic) bond motifs is 1. The number of carbonyl (C=O) groups excluding carboxylic acids is 2. The average molecular weight is 425 g/mol. The van der Waals surface area contributed by atoms with Crippen LogP contribution in [0.15, 0.2) is 91.0 Å². The van der Waals surface area contributed by atoms with Crippen molar-refractivity contribution in [2.75, 3.05) is 0 Å². The van der Waals surface area contributed by atoms with Crippen molar-refractivity contribution in [2.24, 2.45) is 29.6 Å². The molecule has 2 aliphatic rings. The second-order valence-corrected chi connectivity index (χ2v) is 9.29. The van der Waals surface area contributed by atoms with Crippen LogP contribution >= 0.6 is 0 Å². The second-order valence-electron chi connectivity index (χ2n) is 9.29. The number of aliphatic hydroxyl groups is 1. The van der Waals surface area contributed by atoms with E-state index in [4.69, 9.17) is 0 Å². The number of rotatable bonds is 6. The highest BCUT2D eigenvalue weighted by Gasteiger charge is 2.62. The van der Waals surface area contributed by atoms with Crippen molar-refractivity contribution < 1.29 is 14.7 Å². The molecule has 32 heavy (non-hydrogen) atoms. The Kier molecular flexibility index (Phi) is 5.75. The minimum atomic E-state index is -0.786. The van der Waals surface area contributed by atoms with Crippen LogP contribution in [0.3, 0.4) is 0 Å². The van der Waals surface area contributed by atoms with Gasteiger partial charge in [-0.15, -0.1) is 0 Å². The lowest BCUT2D eigenvalue weighted by atomic mass is 9.83. The quantitative estimate of drug-likeness (QED) is 0.641. The summed E-state index contributed by atoms with van der Waals surface area (Å²) in [6.45, 7) is 0. The molecule has 6 atom stereocenters. The van der Waals surface area contributed by atoms with E-state index in [2.05, 4.69) is 0 Å². The zero-order valence-electron chi connectivity index (χ0n) is 18.0. The SMILES string of the molecule is O=C1C(Cc2ccccc2)[C@H]2C(O)C(Cc3ccccc3)C(=O)[C@H]2C1Cc1ccccc1. The maximum atomic E-state index is 13.6. The molecule has 162 valence electrons. The van der Waals surface area contributed by atoms with E-state index in [-0.39, 0.29) is 29.3 Å². The van der Waals surface area contributed by atoms with E-state index in [1.807, 2.05) is 91.0 Å². The Labute approximate surface area is 189 Å². The first-order valence-electron chi connectivity index (χ1n) is 11.5. The van der Waals surface area contributed by atoms with Gasteiger partial charge in [0.1, 0.15) is 11.6 Å². The first-order chi connectivity index (χ1) is 15.6. The molecule has 0 heterocycles. The third-order valence-corrected chi connectivity index (χ3v) is 7.44. The topological polar surface area (TPSA) is 54.4 Å². The fourth-order valence-corrected chi connectivity index (χ4v) is 5.97. The van der Waals surface area contributed by atoms with Gasteiger partial charge in [-0.3, -0.25) is 9.59 Å². The molecule has 3 aromatic carbocycles. The Bertz CT molecular complexity index is 1080.